The number of aromatic amines is 1. The van der Waals surface area contributed by atoms with Crippen LogP contribution in [0.1, 0.15) is 46.8 Å². The zero-order chi connectivity index (χ0) is 19.0. The summed E-state index contributed by atoms with van der Waals surface area (Å²) >= 11 is 0. The Kier molecular flexibility index (Phi) is 4.58. The fraction of sp³-hybridized carbons (Fsp3) is 0.238. The molecule has 0 saturated carbocycles. The number of aromatic nitrogens is 1. The van der Waals surface area contributed by atoms with Crippen LogP contribution in [0.5, 0.6) is 0 Å². The number of hydrogen-bond acceptors (Lipinski definition) is 3. The van der Waals surface area contributed by atoms with E-state index >= 15 is 0 Å². The summed E-state index contributed by atoms with van der Waals surface area (Å²) in [5.41, 5.74) is -0.347. The van der Waals surface area contributed by atoms with Gasteiger partial charge in [-0.15, -0.1) is 0 Å². The van der Waals surface area contributed by atoms with Crippen molar-refractivity contribution in [2.75, 3.05) is 6.54 Å². The number of carbonyl (C=O) groups excluding carboxylic acids is 1. The number of H-pyrrole nitrogens is 1. The van der Waals surface area contributed by atoms with Crippen LogP contribution in [-0.2, 0) is 0 Å². The molecular formula is C21H18F2N2O2. The van der Waals surface area contributed by atoms with Gasteiger partial charge in [-0.3, -0.25) is 9.59 Å². The van der Waals surface area contributed by atoms with Gasteiger partial charge in [0, 0.05) is 23.2 Å². The number of nitrogens with one attached hydrogen (secondary N) is 2. The fourth-order valence-corrected chi connectivity index (χ4v) is 3.70. The summed E-state index contributed by atoms with van der Waals surface area (Å²) in [6, 6.07) is 8.48. The molecule has 0 spiro atoms. The maximum atomic E-state index is 14.7. The lowest BCUT2D eigenvalue weighted by atomic mass is 9.93. The molecule has 138 valence electrons. The number of fused-ring (bicyclic) bond motifs is 1. The number of ketones is 1. The Labute approximate surface area is 154 Å². The molecule has 6 heteroatoms. The first-order valence-electron chi connectivity index (χ1n) is 8.93. The van der Waals surface area contributed by atoms with Gasteiger partial charge in [0.15, 0.2) is 5.78 Å². The van der Waals surface area contributed by atoms with E-state index in [9.17, 15) is 18.4 Å². The molecule has 3 aromatic rings. The summed E-state index contributed by atoms with van der Waals surface area (Å²) in [6.07, 6.45) is 4.24. The van der Waals surface area contributed by atoms with Gasteiger partial charge in [-0.25, -0.2) is 8.78 Å². The van der Waals surface area contributed by atoms with Crippen molar-refractivity contribution in [1.29, 1.82) is 0 Å². The Morgan fingerprint density at radius 2 is 1.81 bits per heavy atom. The molecule has 1 saturated heterocycles. The van der Waals surface area contributed by atoms with E-state index in [1.807, 2.05) is 0 Å². The highest BCUT2D eigenvalue weighted by molar-refractivity contribution is 6.16. The number of pyridine rings is 1. The fourth-order valence-electron chi connectivity index (χ4n) is 3.70. The lowest BCUT2D eigenvalue weighted by Crippen LogP contribution is -2.27. The molecule has 1 aliphatic heterocycles. The largest absolute Gasteiger partial charge is 0.329 e. The minimum absolute atomic E-state index is 0.0972. The van der Waals surface area contributed by atoms with Gasteiger partial charge >= 0.3 is 0 Å². The molecule has 1 fully saturated rings. The Hall–Kier alpha value is -2.86. The van der Waals surface area contributed by atoms with Crippen LogP contribution in [0.3, 0.4) is 0 Å². The Bertz CT molecular complexity index is 1060. The quantitative estimate of drug-likeness (QED) is 0.691. The maximum absolute atomic E-state index is 14.7. The average molecular weight is 368 g/mol. The molecule has 27 heavy (non-hydrogen) atoms. The number of piperidine rings is 1. The monoisotopic (exact) mass is 368 g/mol. The second-order valence-electron chi connectivity index (χ2n) is 6.76. The van der Waals surface area contributed by atoms with E-state index < -0.39 is 23.0 Å². The van der Waals surface area contributed by atoms with E-state index in [-0.39, 0.29) is 17.2 Å². The van der Waals surface area contributed by atoms with E-state index in [0.29, 0.717) is 16.3 Å². The zero-order valence-electron chi connectivity index (χ0n) is 14.5. The van der Waals surface area contributed by atoms with Gasteiger partial charge in [-0.2, -0.15) is 0 Å². The van der Waals surface area contributed by atoms with Crippen LogP contribution in [0.2, 0.25) is 0 Å². The maximum Gasteiger partial charge on any atom is 0.255 e. The summed E-state index contributed by atoms with van der Waals surface area (Å²) < 4.78 is 29.4. The van der Waals surface area contributed by atoms with Crippen molar-refractivity contribution in [3.63, 3.8) is 0 Å². The highest BCUT2D eigenvalue weighted by atomic mass is 19.1. The van der Waals surface area contributed by atoms with Gasteiger partial charge in [-0.05, 0) is 54.6 Å². The summed E-state index contributed by atoms with van der Waals surface area (Å²) in [4.78, 5) is 27.3. The molecule has 2 heterocycles. The molecule has 0 amide bonds. The molecule has 0 aliphatic carbocycles. The van der Waals surface area contributed by atoms with Gasteiger partial charge in [0.1, 0.15) is 11.6 Å². The lowest BCUT2D eigenvalue weighted by molar-refractivity contribution is 0.103. The zero-order valence-corrected chi connectivity index (χ0v) is 14.5. The molecule has 1 aliphatic rings. The summed E-state index contributed by atoms with van der Waals surface area (Å²) in [7, 11) is 0. The van der Waals surface area contributed by atoms with E-state index in [1.165, 1.54) is 30.5 Å². The number of halogens is 2. The number of carbonyl (C=O) groups is 1. The van der Waals surface area contributed by atoms with Crippen LogP contribution in [0.4, 0.5) is 8.78 Å². The van der Waals surface area contributed by atoms with Crippen molar-refractivity contribution in [3.05, 3.63) is 81.3 Å². The number of hydrogen-bond donors (Lipinski definition) is 2. The van der Waals surface area contributed by atoms with E-state index in [2.05, 4.69) is 10.3 Å². The summed E-state index contributed by atoms with van der Waals surface area (Å²) in [5.74, 6) is -2.54. The van der Waals surface area contributed by atoms with Crippen LogP contribution in [-0.4, -0.2) is 17.3 Å². The third kappa shape index (κ3) is 3.17. The molecular weight excluding hydrogens is 350 g/mol. The number of rotatable bonds is 3. The van der Waals surface area contributed by atoms with Crippen molar-refractivity contribution in [1.82, 2.24) is 10.3 Å². The Morgan fingerprint density at radius 3 is 2.52 bits per heavy atom. The summed E-state index contributed by atoms with van der Waals surface area (Å²) in [5, 5.41) is 3.91. The van der Waals surface area contributed by atoms with E-state index in [0.717, 1.165) is 25.8 Å². The van der Waals surface area contributed by atoms with Crippen molar-refractivity contribution < 1.29 is 13.6 Å². The van der Waals surface area contributed by atoms with Gasteiger partial charge in [-0.1, -0.05) is 18.6 Å². The normalized spacial score (nSPS) is 17.2. The van der Waals surface area contributed by atoms with Gasteiger partial charge in [0.25, 0.3) is 5.56 Å². The van der Waals surface area contributed by atoms with Crippen LogP contribution in [0.15, 0.2) is 47.4 Å². The van der Waals surface area contributed by atoms with Crippen LogP contribution in [0.25, 0.3) is 10.8 Å². The Morgan fingerprint density at radius 1 is 1.04 bits per heavy atom. The minimum Gasteiger partial charge on any atom is -0.329 e. The molecule has 2 N–H and O–H groups in total. The van der Waals surface area contributed by atoms with Crippen molar-refractivity contribution in [2.45, 2.75) is 25.3 Å². The highest BCUT2D eigenvalue weighted by Crippen LogP contribution is 2.28. The topological polar surface area (TPSA) is 62.0 Å². The predicted molar refractivity (Wildman–Crippen MR) is 99.0 cm³/mol. The molecule has 0 bridgehead atoms. The number of benzene rings is 2. The average Bonchev–Trinajstić information content (AvgIpc) is 2.68. The van der Waals surface area contributed by atoms with Crippen LogP contribution in [0, 0.1) is 11.6 Å². The molecule has 4 rings (SSSR count). The van der Waals surface area contributed by atoms with Gasteiger partial charge < -0.3 is 10.3 Å². The molecule has 1 unspecified atom stereocenters. The first-order valence-corrected chi connectivity index (χ1v) is 8.93. The highest BCUT2D eigenvalue weighted by Gasteiger charge is 2.24. The third-order valence-electron chi connectivity index (χ3n) is 5.06. The second kappa shape index (κ2) is 7.04. The van der Waals surface area contributed by atoms with Crippen molar-refractivity contribution in [3.8, 4) is 0 Å². The van der Waals surface area contributed by atoms with E-state index in [4.69, 9.17) is 0 Å². The minimum atomic E-state index is -0.885. The van der Waals surface area contributed by atoms with Gasteiger partial charge in [0.05, 0.1) is 5.56 Å². The smallest absolute Gasteiger partial charge is 0.255 e. The van der Waals surface area contributed by atoms with Crippen molar-refractivity contribution in [2.24, 2.45) is 0 Å². The van der Waals surface area contributed by atoms with Crippen molar-refractivity contribution >= 4 is 16.6 Å². The molecule has 2 aromatic carbocycles. The Balaban J connectivity index is 1.79. The second-order valence-corrected chi connectivity index (χ2v) is 6.76. The lowest BCUT2D eigenvalue weighted by Gasteiger charge is -2.24. The predicted octanol–water partition coefficient (Wildman–Crippen LogP) is 3.85. The molecule has 1 atom stereocenters. The first kappa shape index (κ1) is 17.5. The molecule has 1 aromatic heterocycles. The first-order chi connectivity index (χ1) is 13.1. The molecule has 0 radical (unpaired) electrons. The van der Waals surface area contributed by atoms with E-state index in [1.54, 1.807) is 12.1 Å². The molecule has 4 nitrogen and oxygen atoms in total. The van der Waals surface area contributed by atoms with Crippen LogP contribution < -0.4 is 10.9 Å². The van der Waals surface area contributed by atoms with Crippen LogP contribution >= 0.6 is 0 Å². The SMILES string of the molecule is O=C(c1c(F)cc(C2CCCCN2)cc1F)c1cccc2c(=O)[nH]ccc12. The summed E-state index contributed by atoms with van der Waals surface area (Å²) in [6.45, 7) is 0.805. The van der Waals surface area contributed by atoms with Gasteiger partial charge in [0.2, 0.25) is 0 Å². The standard InChI is InChI=1S/C21H18F2N2O2/c22-16-10-12(18-6-1-2-8-24-18)11-17(23)19(16)20(26)14-4-3-5-15-13(14)7-9-25-21(15)27/h3-5,7,9-11,18,24H,1-2,6,8H2,(H,25,27). The third-order valence-corrected chi connectivity index (χ3v) is 5.06.